The second-order valence-electron chi connectivity index (χ2n) is 13.2. The lowest BCUT2D eigenvalue weighted by molar-refractivity contribution is -0.122. The SMILES string of the molecule is CC(C)(C)OC(=O)NCCCCCC(=O)NCCCCCC(=O)NCCOCCOCCOCCOCCOCCOCCOCCOCCOCCN=[N+]=[N-]. The van der Waals surface area contributed by atoms with Crippen LogP contribution in [0.15, 0.2) is 5.11 Å². The lowest BCUT2D eigenvalue weighted by Crippen LogP contribution is -2.33. The number of rotatable bonds is 42. The van der Waals surface area contributed by atoms with Crippen LogP contribution < -0.4 is 16.0 Å². The summed E-state index contributed by atoms with van der Waals surface area (Å²) < 4.78 is 54.0. The molecule has 0 fully saturated rings. The van der Waals surface area contributed by atoms with Crippen LogP contribution in [-0.4, -0.2) is 169 Å². The van der Waals surface area contributed by atoms with E-state index < -0.39 is 11.7 Å². The third-order valence-electron chi connectivity index (χ3n) is 7.10. The Morgan fingerprint density at radius 1 is 0.464 bits per heavy atom. The lowest BCUT2D eigenvalue weighted by atomic mass is 10.1. The molecule has 56 heavy (non-hydrogen) atoms. The number of nitrogens with one attached hydrogen (secondary N) is 3. The molecule has 0 rings (SSSR count). The first-order valence-electron chi connectivity index (χ1n) is 20.0. The van der Waals surface area contributed by atoms with E-state index in [9.17, 15) is 14.4 Å². The van der Waals surface area contributed by atoms with Crippen LogP contribution in [0.3, 0.4) is 0 Å². The van der Waals surface area contributed by atoms with Crippen molar-refractivity contribution in [1.29, 1.82) is 0 Å². The molecule has 0 aromatic heterocycles. The molecule has 0 saturated carbocycles. The summed E-state index contributed by atoms with van der Waals surface area (Å²) >= 11 is 0. The summed E-state index contributed by atoms with van der Waals surface area (Å²) in [6, 6.07) is 0. The summed E-state index contributed by atoms with van der Waals surface area (Å²) in [5.41, 5.74) is 7.64. The van der Waals surface area contributed by atoms with Crippen molar-refractivity contribution in [1.82, 2.24) is 16.0 Å². The highest BCUT2D eigenvalue weighted by Crippen LogP contribution is 2.07. The highest BCUT2D eigenvalue weighted by atomic mass is 16.6. The molecule has 0 spiro atoms. The number of ether oxygens (including phenoxy) is 10. The Kier molecular flexibility index (Phi) is 39.7. The van der Waals surface area contributed by atoms with Gasteiger partial charge >= 0.3 is 6.09 Å². The van der Waals surface area contributed by atoms with Crippen molar-refractivity contribution in [2.24, 2.45) is 5.11 Å². The number of hydrogen-bond acceptors (Lipinski definition) is 14. The Bertz CT molecular complexity index is 972. The minimum Gasteiger partial charge on any atom is -0.444 e. The summed E-state index contributed by atoms with van der Waals surface area (Å²) in [6.45, 7) is 15.6. The first-order valence-corrected chi connectivity index (χ1v) is 20.0. The number of alkyl carbamates (subject to hydrolysis) is 1. The van der Waals surface area contributed by atoms with Crippen LogP contribution in [0.5, 0.6) is 0 Å². The van der Waals surface area contributed by atoms with Crippen LogP contribution >= 0.6 is 0 Å². The van der Waals surface area contributed by atoms with Gasteiger partial charge in [-0.3, -0.25) is 9.59 Å². The Morgan fingerprint density at radius 2 is 0.804 bits per heavy atom. The molecular formula is C37H72N6O13. The molecule has 19 heteroatoms. The molecule has 19 nitrogen and oxygen atoms in total. The summed E-state index contributed by atoms with van der Waals surface area (Å²) in [7, 11) is 0. The average molecular weight is 809 g/mol. The normalized spacial score (nSPS) is 11.3. The second-order valence-corrected chi connectivity index (χ2v) is 13.2. The molecule has 3 N–H and O–H groups in total. The van der Waals surface area contributed by atoms with Crippen molar-refractivity contribution in [2.45, 2.75) is 77.7 Å². The molecule has 0 saturated heterocycles. The molecule has 0 aromatic carbocycles. The van der Waals surface area contributed by atoms with Gasteiger partial charge < -0.3 is 63.3 Å². The Labute approximate surface area is 333 Å². The van der Waals surface area contributed by atoms with Crippen molar-refractivity contribution in [3.63, 3.8) is 0 Å². The Hall–Kier alpha value is -2.84. The monoisotopic (exact) mass is 809 g/mol. The van der Waals surface area contributed by atoms with E-state index >= 15 is 0 Å². The molecule has 0 radical (unpaired) electrons. The van der Waals surface area contributed by atoms with Crippen molar-refractivity contribution < 1.29 is 61.8 Å². The minimum absolute atomic E-state index is 0.00736. The standard InChI is InChI=1S/C37H72N6O13/c1-37(2,3)56-36(46)41-13-9-5-7-10-34(44)39-12-8-4-6-11-35(45)40-14-16-47-18-20-49-22-24-51-26-28-53-30-32-55-33-31-54-29-27-52-25-23-50-21-19-48-17-15-42-43-38/h4-33H2,1-3H3,(H,39,44)(H,40,45)(H,41,46). The van der Waals surface area contributed by atoms with Crippen LogP contribution in [-0.2, 0) is 57.0 Å². The number of unbranched alkanes of at least 4 members (excludes halogenated alkanes) is 4. The van der Waals surface area contributed by atoms with Gasteiger partial charge in [0.15, 0.2) is 0 Å². The molecule has 0 aliphatic rings. The third-order valence-corrected chi connectivity index (χ3v) is 7.10. The molecule has 0 unspecified atom stereocenters. The predicted molar refractivity (Wildman–Crippen MR) is 209 cm³/mol. The summed E-state index contributed by atoms with van der Waals surface area (Å²) in [5.74, 6) is 0.0211. The van der Waals surface area contributed by atoms with Crippen LogP contribution in [0.2, 0.25) is 0 Å². The molecule has 0 heterocycles. The number of azide groups is 1. The fourth-order valence-corrected chi connectivity index (χ4v) is 4.36. The van der Waals surface area contributed by atoms with E-state index in [2.05, 4.69) is 26.0 Å². The molecule has 0 bridgehead atoms. The third kappa shape index (κ3) is 45.5. The zero-order valence-corrected chi connectivity index (χ0v) is 34.4. The minimum atomic E-state index is -0.511. The Balaban J connectivity index is 3.24. The lowest BCUT2D eigenvalue weighted by Gasteiger charge is -2.19. The van der Waals surface area contributed by atoms with Gasteiger partial charge in [0.25, 0.3) is 0 Å². The van der Waals surface area contributed by atoms with Gasteiger partial charge in [0.05, 0.1) is 119 Å². The zero-order chi connectivity index (χ0) is 41.1. The maximum atomic E-state index is 12.0. The van der Waals surface area contributed by atoms with E-state index in [4.69, 9.17) is 52.9 Å². The summed E-state index contributed by atoms with van der Waals surface area (Å²) in [4.78, 5) is 38.2. The van der Waals surface area contributed by atoms with Crippen LogP contribution in [0, 0.1) is 0 Å². The van der Waals surface area contributed by atoms with E-state index in [-0.39, 0.29) is 11.8 Å². The van der Waals surface area contributed by atoms with E-state index in [1.807, 2.05) is 20.8 Å². The number of hydrogen-bond donors (Lipinski definition) is 3. The fraction of sp³-hybridized carbons (Fsp3) is 0.919. The summed E-state index contributed by atoms with van der Waals surface area (Å²) in [6.07, 6.45) is 5.36. The van der Waals surface area contributed by atoms with E-state index in [1.54, 1.807) is 0 Å². The first kappa shape index (κ1) is 53.2. The van der Waals surface area contributed by atoms with Gasteiger partial charge in [-0.2, -0.15) is 0 Å². The average Bonchev–Trinajstić information content (AvgIpc) is 3.15. The number of nitrogens with zero attached hydrogens (tertiary/aromatic N) is 3. The molecule has 0 atom stereocenters. The van der Waals surface area contributed by atoms with Crippen LogP contribution in [0.4, 0.5) is 4.79 Å². The van der Waals surface area contributed by atoms with Crippen molar-refractivity contribution >= 4 is 17.9 Å². The highest BCUT2D eigenvalue weighted by Gasteiger charge is 2.15. The number of carbonyl (C=O) groups is 3. The number of amides is 3. The van der Waals surface area contributed by atoms with Crippen molar-refractivity contribution in [2.75, 3.05) is 145 Å². The van der Waals surface area contributed by atoms with Gasteiger partial charge in [0, 0.05) is 43.9 Å². The molecule has 0 aromatic rings. The van der Waals surface area contributed by atoms with Gasteiger partial charge in [0.1, 0.15) is 5.60 Å². The molecule has 3 amide bonds. The van der Waals surface area contributed by atoms with Gasteiger partial charge in [0.2, 0.25) is 11.8 Å². The number of carbonyl (C=O) groups excluding carboxylic acids is 3. The second kappa shape index (κ2) is 41.8. The fourth-order valence-electron chi connectivity index (χ4n) is 4.36. The summed E-state index contributed by atoms with van der Waals surface area (Å²) in [5, 5.41) is 11.9. The van der Waals surface area contributed by atoms with Gasteiger partial charge in [-0.15, -0.1) is 0 Å². The molecule has 328 valence electrons. The smallest absolute Gasteiger partial charge is 0.407 e. The molecule has 0 aliphatic carbocycles. The Morgan fingerprint density at radius 3 is 1.18 bits per heavy atom. The largest absolute Gasteiger partial charge is 0.444 e. The highest BCUT2D eigenvalue weighted by molar-refractivity contribution is 5.76. The maximum absolute atomic E-state index is 12.0. The van der Waals surface area contributed by atoms with Gasteiger partial charge in [-0.1, -0.05) is 18.0 Å². The van der Waals surface area contributed by atoms with Crippen molar-refractivity contribution in [3.8, 4) is 0 Å². The molecule has 0 aliphatic heterocycles. The van der Waals surface area contributed by atoms with E-state index in [0.717, 1.165) is 38.5 Å². The van der Waals surface area contributed by atoms with Crippen molar-refractivity contribution in [3.05, 3.63) is 10.4 Å². The zero-order valence-electron chi connectivity index (χ0n) is 34.4. The van der Waals surface area contributed by atoms with Gasteiger partial charge in [-0.05, 0) is 52.0 Å². The topological polar surface area (TPSA) is 228 Å². The van der Waals surface area contributed by atoms with Crippen LogP contribution in [0.25, 0.3) is 10.4 Å². The van der Waals surface area contributed by atoms with E-state index in [0.29, 0.717) is 158 Å². The van der Waals surface area contributed by atoms with Gasteiger partial charge in [-0.25, -0.2) is 4.79 Å². The molecular weight excluding hydrogens is 736 g/mol. The van der Waals surface area contributed by atoms with E-state index in [1.165, 1.54) is 0 Å². The maximum Gasteiger partial charge on any atom is 0.407 e. The quantitative estimate of drug-likeness (QED) is 0.0349. The van der Waals surface area contributed by atoms with Crippen LogP contribution in [0.1, 0.15) is 72.1 Å². The first-order chi connectivity index (χ1) is 27.2. The predicted octanol–water partition coefficient (Wildman–Crippen LogP) is 3.32.